The second-order valence-electron chi connectivity index (χ2n) is 6.37. The van der Waals surface area contributed by atoms with Gasteiger partial charge in [-0.2, -0.15) is 0 Å². The van der Waals surface area contributed by atoms with E-state index >= 15 is 0 Å². The minimum Gasteiger partial charge on any atom is -0.379 e. The SMILES string of the molecule is O=C(Cc1ccc(Cl)c(Cl)c1)Nc1ccc(CCN2CCOCC2)cc1. The standard InChI is InChI=1S/C20H22Cl2N2O2/c21-18-6-3-16(13-19(18)22)14-20(25)23-17-4-1-15(2-5-17)7-8-24-9-11-26-12-10-24/h1-6,13H,7-12,14H2,(H,23,25). The van der Waals surface area contributed by atoms with Crippen molar-refractivity contribution >= 4 is 34.8 Å². The Hall–Kier alpha value is -1.59. The number of anilines is 1. The van der Waals surface area contributed by atoms with Gasteiger partial charge >= 0.3 is 0 Å². The molecule has 2 aromatic rings. The van der Waals surface area contributed by atoms with Gasteiger partial charge in [-0.1, -0.05) is 41.4 Å². The van der Waals surface area contributed by atoms with Gasteiger partial charge in [-0.05, 0) is 41.8 Å². The number of hydrogen-bond acceptors (Lipinski definition) is 3. The van der Waals surface area contributed by atoms with Crippen LogP contribution in [0.4, 0.5) is 5.69 Å². The van der Waals surface area contributed by atoms with E-state index in [1.807, 2.05) is 18.2 Å². The minimum absolute atomic E-state index is 0.0792. The van der Waals surface area contributed by atoms with Gasteiger partial charge in [0.1, 0.15) is 0 Å². The van der Waals surface area contributed by atoms with Crippen molar-refractivity contribution in [2.24, 2.45) is 0 Å². The number of halogens is 2. The molecule has 1 aliphatic rings. The van der Waals surface area contributed by atoms with Gasteiger partial charge in [0.25, 0.3) is 0 Å². The molecule has 26 heavy (non-hydrogen) atoms. The average molecular weight is 393 g/mol. The van der Waals surface area contributed by atoms with Gasteiger partial charge in [0.15, 0.2) is 0 Å². The summed E-state index contributed by atoms with van der Waals surface area (Å²) in [6.45, 7) is 4.69. The molecule has 0 bridgehead atoms. The van der Waals surface area contributed by atoms with E-state index in [4.69, 9.17) is 27.9 Å². The molecule has 0 radical (unpaired) electrons. The summed E-state index contributed by atoms with van der Waals surface area (Å²) in [5, 5.41) is 3.86. The van der Waals surface area contributed by atoms with Crippen LogP contribution in [-0.2, 0) is 22.4 Å². The molecule has 138 valence electrons. The lowest BCUT2D eigenvalue weighted by molar-refractivity contribution is -0.115. The van der Waals surface area contributed by atoms with Gasteiger partial charge < -0.3 is 10.1 Å². The minimum atomic E-state index is -0.0792. The highest BCUT2D eigenvalue weighted by atomic mass is 35.5. The molecular weight excluding hydrogens is 371 g/mol. The van der Waals surface area contributed by atoms with Crippen LogP contribution in [0.1, 0.15) is 11.1 Å². The van der Waals surface area contributed by atoms with Crippen LogP contribution < -0.4 is 5.32 Å². The second kappa shape index (κ2) is 9.38. The van der Waals surface area contributed by atoms with Crippen molar-refractivity contribution in [1.82, 2.24) is 4.90 Å². The lowest BCUT2D eigenvalue weighted by atomic mass is 10.1. The van der Waals surface area contributed by atoms with Crippen molar-refractivity contribution < 1.29 is 9.53 Å². The summed E-state index contributed by atoms with van der Waals surface area (Å²) in [6.07, 6.45) is 1.26. The molecule has 1 amide bonds. The first kappa shape index (κ1) is 19.2. The quantitative estimate of drug-likeness (QED) is 0.805. The first-order chi connectivity index (χ1) is 12.6. The topological polar surface area (TPSA) is 41.6 Å². The van der Waals surface area contributed by atoms with E-state index in [9.17, 15) is 4.79 Å². The number of nitrogens with zero attached hydrogens (tertiary/aromatic N) is 1. The Morgan fingerprint density at radius 2 is 1.69 bits per heavy atom. The highest BCUT2D eigenvalue weighted by Gasteiger charge is 2.10. The van der Waals surface area contributed by atoms with Gasteiger partial charge in [-0.25, -0.2) is 0 Å². The van der Waals surface area contributed by atoms with Gasteiger partial charge in [-0.15, -0.1) is 0 Å². The van der Waals surface area contributed by atoms with Crippen LogP contribution in [0.25, 0.3) is 0 Å². The summed E-state index contributed by atoms with van der Waals surface area (Å²) in [7, 11) is 0. The van der Waals surface area contributed by atoms with Gasteiger partial charge in [-0.3, -0.25) is 9.69 Å². The molecule has 1 fully saturated rings. The lowest BCUT2D eigenvalue weighted by Gasteiger charge is -2.26. The molecule has 3 rings (SSSR count). The zero-order valence-electron chi connectivity index (χ0n) is 14.5. The third kappa shape index (κ3) is 5.71. The summed E-state index contributed by atoms with van der Waals surface area (Å²) in [5.41, 5.74) is 2.89. The summed E-state index contributed by atoms with van der Waals surface area (Å²) in [4.78, 5) is 14.6. The number of morpholine rings is 1. The monoisotopic (exact) mass is 392 g/mol. The van der Waals surface area contributed by atoms with Crippen molar-refractivity contribution in [3.63, 3.8) is 0 Å². The van der Waals surface area contributed by atoms with Crippen LogP contribution in [0.2, 0.25) is 10.0 Å². The van der Waals surface area contributed by atoms with Crippen molar-refractivity contribution in [2.75, 3.05) is 38.2 Å². The number of rotatable bonds is 6. The summed E-state index contributed by atoms with van der Waals surface area (Å²) >= 11 is 11.9. The zero-order valence-corrected chi connectivity index (χ0v) is 16.0. The lowest BCUT2D eigenvalue weighted by Crippen LogP contribution is -2.37. The van der Waals surface area contributed by atoms with E-state index in [-0.39, 0.29) is 12.3 Å². The summed E-state index contributed by atoms with van der Waals surface area (Å²) < 4.78 is 5.36. The number of amides is 1. The molecule has 0 atom stereocenters. The fraction of sp³-hybridized carbons (Fsp3) is 0.350. The molecule has 2 aromatic carbocycles. The Morgan fingerprint density at radius 1 is 1.00 bits per heavy atom. The normalized spacial score (nSPS) is 15.0. The van der Waals surface area contributed by atoms with Crippen molar-refractivity contribution in [2.45, 2.75) is 12.8 Å². The fourth-order valence-corrected chi connectivity index (χ4v) is 3.23. The number of hydrogen-bond donors (Lipinski definition) is 1. The van der Waals surface area contributed by atoms with E-state index in [0.717, 1.165) is 50.5 Å². The van der Waals surface area contributed by atoms with Gasteiger partial charge in [0.05, 0.1) is 29.7 Å². The highest BCUT2D eigenvalue weighted by Crippen LogP contribution is 2.23. The molecule has 0 saturated carbocycles. The molecule has 0 aromatic heterocycles. The Bertz CT molecular complexity index is 744. The smallest absolute Gasteiger partial charge is 0.228 e. The van der Waals surface area contributed by atoms with Crippen LogP contribution in [0.5, 0.6) is 0 Å². The maximum Gasteiger partial charge on any atom is 0.228 e. The maximum absolute atomic E-state index is 12.2. The predicted octanol–water partition coefficient (Wildman–Crippen LogP) is 4.05. The van der Waals surface area contributed by atoms with Gasteiger partial charge in [0.2, 0.25) is 5.91 Å². The van der Waals surface area contributed by atoms with E-state index in [1.54, 1.807) is 12.1 Å². The van der Waals surface area contributed by atoms with Crippen LogP contribution in [0.3, 0.4) is 0 Å². The summed E-state index contributed by atoms with van der Waals surface area (Å²) in [6, 6.07) is 13.3. The first-order valence-electron chi connectivity index (χ1n) is 8.73. The Labute approximate surface area is 164 Å². The molecule has 1 N–H and O–H groups in total. The highest BCUT2D eigenvalue weighted by molar-refractivity contribution is 6.42. The number of carbonyl (C=O) groups is 1. The molecule has 4 nitrogen and oxygen atoms in total. The van der Waals surface area contributed by atoms with Crippen LogP contribution >= 0.6 is 23.2 Å². The molecular formula is C20H22Cl2N2O2. The number of nitrogens with one attached hydrogen (secondary N) is 1. The number of ether oxygens (including phenoxy) is 1. The van der Waals surface area contributed by atoms with Crippen LogP contribution in [0.15, 0.2) is 42.5 Å². The first-order valence-corrected chi connectivity index (χ1v) is 9.48. The molecule has 1 saturated heterocycles. The van der Waals surface area contributed by atoms with Gasteiger partial charge in [0, 0.05) is 25.3 Å². The van der Waals surface area contributed by atoms with Crippen molar-refractivity contribution in [3.8, 4) is 0 Å². The Kier molecular flexibility index (Phi) is 6.92. The van der Waals surface area contributed by atoms with Crippen LogP contribution in [-0.4, -0.2) is 43.7 Å². The summed E-state index contributed by atoms with van der Waals surface area (Å²) in [5.74, 6) is -0.0792. The third-order valence-corrected chi connectivity index (χ3v) is 5.15. The fourth-order valence-electron chi connectivity index (χ4n) is 2.91. The molecule has 0 unspecified atom stereocenters. The molecule has 0 aliphatic carbocycles. The zero-order chi connectivity index (χ0) is 18.4. The molecule has 1 heterocycles. The number of benzene rings is 2. The van der Waals surface area contributed by atoms with E-state index in [1.165, 1.54) is 5.56 Å². The van der Waals surface area contributed by atoms with E-state index in [0.29, 0.717) is 10.0 Å². The maximum atomic E-state index is 12.2. The average Bonchev–Trinajstić information content (AvgIpc) is 2.65. The Morgan fingerprint density at radius 3 is 2.38 bits per heavy atom. The molecule has 1 aliphatic heterocycles. The molecule has 0 spiro atoms. The second-order valence-corrected chi connectivity index (χ2v) is 7.19. The van der Waals surface area contributed by atoms with E-state index in [2.05, 4.69) is 22.3 Å². The van der Waals surface area contributed by atoms with Crippen LogP contribution in [0, 0.1) is 0 Å². The molecule has 6 heteroatoms. The number of carbonyl (C=O) groups excluding carboxylic acids is 1. The largest absolute Gasteiger partial charge is 0.379 e. The van der Waals surface area contributed by atoms with Crippen molar-refractivity contribution in [1.29, 1.82) is 0 Å². The predicted molar refractivity (Wildman–Crippen MR) is 106 cm³/mol. The Balaban J connectivity index is 1.48. The van der Waals surface area contributed by atoms with E-state index < -0.39 is 0 Å². The van der Waals surface area contributed by atoms with Crippen molar-refractivity contribution in [3.05, 3.63) is 63.6 Å². The third-order valence-electron chi connectivity index (χ3n) is 4.41.